The molecule has 0 unspecified atom stereocenters. The second kappa shape index (κ2) is 8.89. The van der Waals surface area contributed by atoms with Crippen molar-refractivity contribution in [2.75, 3.05) is 11.4 Å². The van der Waals surface area contributed by atoms with Crippen molar-refractivity contribution in [1.82, 2.24) is 4.90 Å². The Hall–Kier alpha value is -3.74. The van der Waals surface area contributed by atoms with Crippen LogP contribution in [-0.2, 0) is 25.7 Å². The SMILES string of the molecule is Cc1cc(OC(=O)[C@H]2CC(=O)N(Cc3ccccc3)C2)ccc1N1C(=O)[C@H]2CC=CC[C@H]2C1=O. The first kappa shape index (κ1) is 22.1. The number of amides is 3. The van der Waals surface area contributed by atoms with E-state index in [1.807, 2.05) is 42.5 Å². The van der Waals surface area contributed by atoms with E-state index in [4.69, 9.17) is 4.74 Å². The predicted octanol–water partition coefficient (Wildman–Crippen LogP) is 3.40. The van der Waals surface area contributed by atoms with Gasteiger partial charge in [0.15, 0.2) is 0 Å². The molecule has 34 heavy (non-hydrogen) atoms. The van der Waals surface area contributed by atoms with Gasteiger partial charge in [-0.1, -0.05) is 42.5 Å². The van der Waals surface area contributed by atoms with E-state index in [9.17, 15) is 19.2 Å². The number of ether oxygens (including phenoxy) is 1. The van der Waals surface area contributed by atoms with Gasteiger partial charge in [-0.2, -0.15) is 0 Å². The van der Waals surface area contributed by atoms with E-state index in [-0.39, 0.29) is 36.0 Å². The molecule has 1 aliphatic carbocycles. The van der Waals surface area contributed by atoms with Crippen LogP contribution in [0.1, 0.15) is 30.4 Å². The zero-order valence-electron chi connectivity index (χ0n) is 19.0. The van der Waals surface area contributed by atoms with E-state index in [0.29, 0.717) is 42.9 Å². The molecule has 0 aromatic heterocycles. The lowest BCUT2D eigenvalue weighted by molar-refractivity contribution is -0.139. The molecule has 5 rings (SSSR count). The van der Waals surface area contributed by atoms with Gasteiger partial charge < -0.3 is 9.64 Å². The Labute approximate surface area is 198 Å². The van der Waals surface area contributed by atoms with Gasteiger partial charge in [0, 0.05) is 19.5 Å². The molecule has 7 nitrogen and oxygen atoms in total. The molecule has 0 saturated carbocycles. The molecule has 2 aromatic rings. The van der Waals surface area contributed by atoms with E-state index in [1.165, 1.54) is 4.90 Å². The summed E-state index contributed by atoms with van der Waals surface area (Å²) in [4.78, 5) is 53.9. The minimum atomic E-state index is -0.534. The third-order valence-corrected chi connectivity index (χ3v) is 6.90. The number of aryl methyl sites for hydroxylation is 1. The Balaban J connectivity index is 1.25. The average molecular weight is 459 g/mol. The molecule has 3 aliphatic rings. The molecule has 7 heteroatoms. The topological polar surface area (TPSA) is 84.0 Å². The second-order valence-corrected chi connectivity index (χ2v) is 9.20. The highest BCUT2D eigenvalue weighted by Crippen LogP contribution is 2.39. The van der Waals surface area contributed by atoms with Gasteiger partial charge in [-0.05, 0) is 49.1 Å². The minimum absolute atomic E-state index is 0.0700. The lowest BCUT2D eigenvalue weighted by atomic mass is 9.85. The molecule has 2 saturated heterocycles. The summed E-state index contributed by atoms with van der Waals surface area (Å²) >= 11 is 0. The van der Waals surface area contributed by atoms with Crippen LogP contribution in [0.3, 0.4) is 0 Å². The largest absolute Gasteiger partial charge is 0.426 e. The molecule has 174 valence electrons. The Bertz CT molecular complexity index is 1160. The number of hydrogen-bond donors (Lipinski definition) is 0. The highest BCUT2D eigenvalue weighted by atomic mass is 16.5. The number of allylic oxidation sites excluding steroid dienone is 2. The van der Waals surface area contributed by atoms with Crippen LogP contribution in [0.15, 0.2) is 60.7 Å². The first-order chi connectivity index (χ1) is 16.4. The standard InChI is InChI=1S/C27H26N2O5/c1-17-13-20(11-12-23(17)29-25(31)21-9-5-6-10-22(21)26(29)32)34-27(33)19-14-24(30)28(16-19)15-18-7-3-2-4-8-18/h2-8,11-13,19,21-22H,9-10,14-16H2,1H3/t19-,21-,22+/m0/s1. The van der Waals surface area contributed by atoms with Crippen molar-refractivity contribution in [3.63, 3.8) is 0 Å². The number of benzene rings is 2. The fraction of sp³-hybridized carbons (Fsp3) is 0.333. The summed E-state index contributed by atoms with van der Waals surface area (Å²) < 4.78 is 5.58. The van der Waals surface area contributed by atoms with Crippen LogP contribution < -0.4 is 9.64 Å². The Morgan fingerprint density at radius 3 is 2.29 bits per heavy atom. The maximum absolute atomic E-state index is 12.9. The van der Waals surface area contributed by atoms with Crippen LogP contribution in [0.5, 0.6) is 5.75 Å². The number of hydrogen-bond acceptors (Lipinski definition) is 5. The molecule has 2 heterocycles. The van der Waals surface area contributed by atoms with E-state index in [2.05, 4.69) is 0 Å². The summed E-state index contributed by atoms with van der Waals surface area (Å²) in [6.45, 7) is 2.57. The molecule has 2 fully saturated rings. The molecule has 2 aliphatic heterocycles. The second-order valence-electron chi connectivity index (χ2n) is 9.20. The third-order valence-electron chi connectivity index (χ3n) is 6.90. The predicted molar refractivity (Wildman–Crippen MR) is 125 cm³/mol. The van der Waals surface area contributed by atoms with E-state index >= 15 is 0 Å². The average Bonchev–Trinajstić information content (AvgIpc) is 3.32. The molecule has 0 spiro atoms. The number of anilines is 1. The number of likely N-dealkylation sites (tertiary alicyclic amines) is 1. The monoisotopic (exact) mass is 458 g/mol. The molecule has 0 radical (unpaired) electrons. The summed E-state index contributed by atoms with van der Waals surface area (Å²) in [5.74, 6) is -1.67. The molecular formula is C27H26N2O5. The van der Waals surface area contributed by atoms with Gasteiger partial charge in [-0.3, -0.25) is 19.2 Å². The molecular weight excluding hydrogens is 432 g/mol. The van der Waals surface area contributed by atoms with Crippen molar-refractivity contribution in [3.8, 4) is 5.75 Å². The van der Waals surface area contributed by atoms with Gasteiger partial charge in [0.2, 0.25) is 17.7 Å². The van der Waals surface area contributed by atoms with Gasteiger partial charge in [0.25, 0.3) is 0 Å². The van der Waals surface area contributed by atoms with E-state index in [0.717, 1.165) is 5.56 Å². The first-order valence-corrected chi connectivity index (χ1v) is 11.6. The van der Waals surface area contributed by atoms with Crippen molar-refractivity contribution in [2.24, 2.45) is 17.8 Å². The summed E-state index contributed by atoms with van der Waals surface area (Å²) in [5.41, 5.74) is 2.21. The number of imide groups is 1. The molecule has 0 bridgehead atoms. The number of carbonyl (C=O) groups is 4. The zero-order valence-corrected chi connectivity index (χ0v) is 19.0. The lowest BCUT2D eigenvalue weighted by Gasteiger charge is -2.19. The van der Waals surface area contributed by atoms with Crippen LogP contribution >= 0.6 is 0 Å². The summed E-state index contributed by atoms with van der Waals surface area (Å²) in [6, 6.07) is 14.6. The number of carbonyl (C=O) groups excluding carboxylic acids is 4. The maximum Gasteiger partial charge on any atom is 0.316 e. The van der Waals surface area contributed by atoms with E-state index in [1.54, 1.807) is 30.0 Å². The normalized spacial score (nSPS) is 24.0. The summed E-state index contributed by atoms with van der Waals surface area (Å²) in [7, 11) is 0. The van der Waals surface area contributed by atoms with Crippen molar-refractivity contribution in [2.45, 2.75) is 32.7 Å². The maximum atomic E-state index is 12.9. The van der Waals surface area contributed by atoms with Gasteiger partial charge in [0.05, 0.1) is 23.4 Å². The van der Waals surface area contributed by atoms with Crippen LogP contribution in [-0.4, -0.2) is 35.1 Å². The fourth-order valence-corrected chi connectivity index (χ4v) is 5.07. The highest BCUT2D eigenvalue weighted by Gasteiger charge is 2.48. The first-order valence-electron chi connectivity index (χ1n) is 11.6. The van der Waals surface area contributed by atoms with Crippen molar-refractivity contribution >= 4 is 29.4 Å². The fourth-order valence-electron chi connectivity index (χ4n) is 5.07. The molecule has 2 aromatic carbocycles. The number of nitrogens with zero attached hydrogens (tertiary/aromatic N) is 2. The molecule has 0 N–H and O–H groups in total. The van der Waals surface area contributed by atoms with Crippen LogP contribution in [0, 0.1) is 24.7 Å². The van der Waals surface area contributed by atoms with Gasteiger partial charge in [0.1, 0.15) is 5.75 Å². The van der Waals surface area contributed by atoms with Crippen molar-refractivity contribution in [1.29, 1.82) is 0 Å². The number of rotatable bonds is 5. The summed E-state index contributed by atoms with van der Waals surface area (Å²) in [5, 5.41) is 0. The van der Waals surface area contributed by atoms with Crippen LogP contribution in [0.4, 0.5) is 5.69 Å². The van der Waals surface area contributed by atoms with E-state index < -0.39 is 11.9 Å². The summed E-state index contributed by atoms with van der Waals surface area (Å²) in [6.07, 6.45) is 5.21. The Kier molecular flexibility index (Phi) is 5.77. The third kappa shape index (κ3) is 4.02. The minimum Gasteiger partial charge on any atom is -0.426 e. The number of fused-ring (bicyclic) bond motifs is 1. The Morgan fingerprint density at radius 2 is 1.65 bits per heavy atom. The quantitative estimate of drug-likeness (QED) is 0.297. The molecule has 3 amide bonds. The van der Waals surface area contributed by atoms with Crippen molar-refractivity contribution in [3.05, 3.63) is 71.8 Å². The lowest BCUT2D eigenvalue weighted by Crippen LogP contribution is -2.31. The smallest absolute Gasteiger partial charge is 0.316 e. The number of esters is 1. The highest BCUT2D eigenvalue weighted by molar-refractivity contribution is 6.22. The van der Waals surface area contributed by atoms with Gasteiger partial charge in [-0.25, -0.2) is 4.90 Å². The Morgan fingerprint density at radius 1 is 0.971 bits per heavy atom. The van der Waals surface area contributed by atoms with Crippen molar-refractivity contribution < 1.29 is 23.9 Å². The van der Waals surface area contributed by atoms with Crippen LogP contribution in [0.2, 0.25) is 0 Å². The van der Waals surface area contributed by atoms with Crippen LogP contribution in [0.25, 0.3) is 0 Å². The van der Waals surface area contributed by atoms with Gasteiger partial charge in [-0.15, -0.1) is 0 Å². The molecule has 3 atom stereocenters. The van der Waals surface area contributed by atoms with Gasteiger partial charge >= 0.3 is 5.97 Å². The zero-order chi connectivity index (χ0) is 23.8.